The van der Waals surface area contributed by atoms with Crippen LogP contribution in [0.5, 0.6) is 0 Å². The summed E-state index contributed by atoms with van der Waals surface area (Å²) in [6, 6.07) is 8.54. The molecular weight excluding hydrogens is 482 g/mol. The van der Waals surface area contributed by atoms with E-state index in [-0.39, 0.29) is 5.91 Å². The number of nitrogens with zero attached hydrogens (tertiary/aromatic N) is 4. The van der Waals surface area contributed by atoms with Crippen LogP contribution in [0.3, 0.4) is 0 Å². The molecule has 1 heterocycles. The second kappa shape index (κ2) is 14.4. The predicted molar refractivity (Wildman–Crippen MR) is 148 cm³/mol. The minimum absolute atomic E-state index is 0.255. The third-order valence-corrected chi connectivity index (χ3v) is 5.22. The van der Waals surface area contributed by atoms with Gasteiger partial charge < -0.3 is 20.7 Å². The molecule has 0 aliphatic carbocycles. The van der Waals surface area contributed by atoms with Gasteiger partial charge >= 0.3 is 6.09 Å². The fourth-order valence-corrected chi connectivity index (χ4v) is 3.07. The van der Waals surface area contributed by atoms with E-state index in [4.69, 9.17) is 10.00 Å². The normalized spacial score (nSPS) is 11.3. The number of carbonyl (C=O) groups is 2. The molecule has 2 aromatic rings. The SMILES string of the molecule is CCCNc1nc(Nc2cccc(C#N)c2)ncc1C#CCCCNC(=O)[C@H](C)N(C)C(=O)OC(C)(C)C. The molecule has 0 aliphatic heterocycles. The summed E-state index contributed by atoms with van der Waals surface area (Å²) in [5.41, 5.74) is 1.31. The van der Waals surface area contributed by atoms with E-state index in [2.05, 4.69) is 50.8 Å². The molecule has 3 N–H and O–H groups in total. The molecule has 0 aliphatic rings. The first-order valence-corrected chi connectivity index (χ1v) is 12.6. The van der Waals surface area contributed by atoms with Gasteiger partial charge in [0.2, 0.25) is 11.9 Å². The summed E-state index contributed by atoms with van der Waals surface area (Å²) in [7, 11) is 1.54. The molecule has 10 nitrogen and oxygen atoms in total. The van der Waals surface area contributed by atoms with Crippen LogP contribution < -0.4 is 16.0 Å². The van der Waals surface area contributed by atoms with Crippen molar-refractivity contribution in [3.05, 3.63) is 41.6 Å². The zero-order valence-electron chi connectivity index (χ0n) is 23.0. The molecule has 2 amide bonds. The Bertz CT molecular complexity index is 1210. The maximum atomic E-state index is 12.4. The van der Waals surface area contributed by atoms with Crippen LogP contribution in [0, 0.1) is 23.2 Å². The van der Waals surface area contributed by atoms with Gasteiger partial charge in [0.25, 0.3) is 0 Å². The Morgan fingerprint density at radius 3 is 2.68 bits per heavy atom. The van der Waals surface area contributed by atoms with Crippen molar-refractivity contribution in [2.75, 3.05) is 30.8 Å². The van der Waals surface area contributed by atoms with Crippen molar-refractivity contribution in [2.24, 2.45) is 0 Å². The Balaban J connectivity index is 1.91. The molecule has 0 radical (unpaired) electrons. The number of hydrogen-bond donors (Lipinski definition) is 3. The molecule has 1 aromatic heterocycles. The monoisotopic (exact) mass is 519 g/mol. The van der Waals surface area contributed by atoms with Crippen molar-refractivity contribution in [1.29, 1.82) is 5.26 Å². The fourth-order valence-electron chi connectivity index (χ4n) is 3.07. The summed E-state index contributed by atoms with van der Waals surface area (Å²) < 4.78 is 5.31. The number of nitrogens with one attached hydrogen (secondary N) is 3. The zero-order valence-corrected chi connectivity index (χ0v) is 23.0. The number of rotatable bonds is 10. The highest BCUT2D eigenvalue weighted by Crippen LogP contribution is 2.18. The van der Waals surface area contributed by atoms with Crippen molar-refractivity contribution in [3.63, 3.8) is 0 Å². The lowest BCUT2D eigenvalue weighted by Crippen LogP contribution is -2.47. The van der Waals surface area contributed by atoms with Crippen LogP contribution in [-0.2, 0) is 9.53 Å². The Morgan fingerprint density at radius 2 is 2.00 bits per heavy atom. The summed E-state index contributed by atoms with van der Waals surface area (Å²) in [6.07, 6.45) is 3.24. The van der Waals surface area contributed by atoms with Crippen LogP contribution in [0.25, 0.3) is 0 Å². The highest BCUT2D eigenvalue weighted by Gasteiger charge is 2.26. The summed E-state index contributed by atoms with van der Waals surface area (Å²) in [6.45, 7) is 10.2. The zero-order chi connectivity index (χ0) is 28.1. The Hall–Kier alpha value is -4.31. The molecule has 2 rings (SSSR count). The average molecular weight is 520 g/mol. The number of ether oxygens (including phenoxy) is 1. The molecule has 0 bridgehead atoms. The van der Waals surface area contributed by atoms with Crippen LogP contribution in [0.4, 0.5) is 22.2 Å². The molecule has 0 saturated heterocycles. The predicted octanol–water partition coefficient (Wildman–Crippen LogP) is 4.42. The Kier molecular flexibility index (Phi) is 11.4. The summed E-state index contributed by atoms with van der Waals surface area (Å²) in [4.78, 5) is 34.8. The maximum Gasteiger partial charge on any atom is 0.410 e. The molecule has 1 atom stereocenters. The number of likely N-dealkylation sites (N-methyl/N-ethyl adjacent to an activating group) is 1. The van der Waals surface area contributed by atoms with Crippen molar-refractivity contribution in [2.45, 2.75) is 65.5 Å². The van der Waals surface area contributed by atoms with Crippen molar-refractivity contribution in [3.8, 4) is 17.9 Å². The topological polar surface area (TPSA) is 132 Å². The average Bonchev–Trinajstić information content (AvgIpc) is 2.88. The Labute approximate surface area is 225 Å². The third kappa shape index (κ3) is 9.98. The molecule has 1 aromatic carbocycles. The first-order valence-electron chi connectivity index (χ1n) is 12.6. The van der Waals surface area contributed by atoms with Gasteiger partial charge in [0, 0.05) is 32.2 Å². The molecule has 0 unspecified atom stereocenters. The minimum Gasteiger partial charge on any atom is -0.444 e. The summed E-state index contributed by atoms with van der Waals surface area (Å²) in [5.74, 6) is 6.99. The van der Waals surface area contributed by atoms with E-state index in [1.54, 1.807) is 59.1 Å². The molecule has 10 heteroatoms. The van der Waals surface area contributed by atoms with Gasteiger partial charge in [-0.05, 0) is 58.7 Å². The van der Waals surface area contributed by atoms with E-state index in [1.807, 2.05) is 6.07 Å². The minimum atomic E-state index is -0.658. The van der Waals surface area contributed by atoms with Gasteiger partial charge in [0.15, 0.2) is 0 Å². The fraction of sp³-hybridized carbons (Fsp3) is 0.464. The van der Waals surface area contributed by atoms with Gasteiger partial charge in [0.1, 0.15) is 17.5 Å². The number of unbranched alkanes of at least 4 members (excludes halogenated alkanes) is 1. The third-order valence-electron chi connectivity index (χ3n) is 5.22. The number of aromatic nitrogens is 2. The maximum absolute atomic E-state index is 12.4. The van der Waals surface area contributed by atoms with Crippen LogP contribution in [0.1, 0.15) is 65.0 Å². The Morgan fingerprint density at radius 1 is 1.24 bits per heavy atom. The second-order valence-electron chi connectivity index (χ2n) is 9.66. The lowest BCUT2D eigenvalue weighted by Gasteiger charge is -2.28. The first-order chi connectivity index (χ1) is 18.0. The van der Waals surface area contributed by atoms with Gasteiger partial charge in [-0.2, -0.15) is 10.2 Å². The summed E-state index contributed by atoms with van der Waals surface area (Å²) in [5, 5.41) is 18.3. The van der Waals surface area contributed by atoms with Crippen molar-refractivity contribution in [1.82, 2.24) is 20.2 Å². The summed E-state index contributed by atoms with van der Waals surface area (Å²) >= 11 is 0. The number of benzene rings is 1. The van der Waals surface area contributed by atoms with Gasteiger partial charge in [0.05, 0.1) is 23.4 Å². The van der Waals surface area contributed by atoms with E-state index in [0.29, 0.717) is 42.3 Å². The van der Waals surface area contributed by atoms with E-state index >= 15 is 0 Å². The lowest BCUT2D eigenvalue weighted by atomic mass is 10.2. The lowest BCUT2D eigenvalue weighted by molar-refractivity contribution is -0.125. The molecule has 38 heavy (non-hydrogen) atoms. The van der Waals surface area contributed by atoms with Crippen LogP contribution in [0.15, 0.2) is 30.5 Å². The number of hydrogen-bond acceptors (Lipinski definition) is 8. The molecule has 0 saturated carbocycles. The number of anilines is 3. The quantitative estimate of drug-likeness (QED) is 0.310. The largest absolute Gasteiger partial charge is 0.444 e. The van der Waals surface area contributed by atoms with Crippen LogP contribution in [-0.4, -0.2) is 58.6 Å². The van der Waals surface area contributed by atoms with Gasteiger partial charge in [-0.25, -0.2) is 9.78 Å². The van der Waals surface area contributed by atoms with E-state index in [0.717, 1.165) is 18.7 Å². The number of carbonyl (C=O) groups excluding carboxylic acids is 2. The van der Waals surface area contributed by atoms with Gasteiger partial charge in [-0.1, -0.05) is 24.8 Å². The molecule has 0 spiro atoms. The molecular formula is C28H37N7O3. The van der Waals surface area contributed by atoms with E-state index in [9.17, 15) is 9.59 Å². The van der Waals surface area contributed by atoms with Crippen LogP contribution in [0.2, 0.25) is 0 Å². The number of amides is 2. The highest BCUT2D eigenvalue weighted by atomic mass is 16.6. The standard InChI is InChI=1S/C28H37N7O3/c1-7-15-30-24-22(19-32-26(34-24)33-23-14-11-12-21(17-23)18-29)13-9-8-10-16-31-25(36)20(2)35(6)27(37)38-28(3,4)5/h11-12,14,17,19-20H,7-8,10,15-16H2,1-6H3,(H,31,36)(H2,30,32,33,34)/t20-/m0/s1. The van der Waals surface area contributed by atoms with Crippen molar-refractivity contribution < 1.29 is 14.3 Å². The van der Waals surface area contributed by atoms with E-state index < -0.39 is 17.7 Å². The van der Waals surface area contributed by atoms with E-state index in [1.165, 1.54) is 4.90 Å². The molecule has 0 fully saturated rings. The van der Waals surface area contributed by atoms with Crippen LogP contribution >= 0.6 is 0 Å². The molecule has 202 valence electrons. The smallest absolute Gasteiger partial charge is 0.410 e. The van der Waals surface area contributed by atoms with Gasteiger partial charge in [-0.3, -0.25) is 9.69 Å². The van der Waals surface area contributed by atoms with Crippen molar-refractivity contribution >= 4 is 29.5 Å². The van der Waals surface area contributed by atoms with Gasteiger partial charge in [-0.15, -0.1) is 0 Å². The first kappa shape index (κ1) is 29.9. The second-order valence-corrected chi connectivity index (χ2v) is 9.66. The number of nitriles is 1. The highest BCUT2D eigenvalue weighted by molar-refractivity contribution is 5.85.